The molecule has 0 fully saturated rings. The van der Waals surface area contributed by atoms with Gasteiger partial charge in [-0.3, -0.25) is 0 Å². The van der Waals surface area contributed by atoms with E-state index in [2.05, 4.69) is 31.3 Å². The van der Waals surface area contributed by atoms with Gasteiger partial charge in [0.15, 0.2) is 9.84 Å². The Labute approximate surface area is 123 Å². The maximum Gasteiger partial charge on any atom is 0.151 e. The monoisotopic (exact) mass is 297 g/mol. The zero-order chi connectivity index (χ0) is 15.2. The topological polar surface area (TPSA) is 46.2 Å². The van der Waals surface area contributed by atoms with Gasteiger partial charge < -0.3 is 5.32 Å². The van der Waals surface area contributed by atoms with E-state index in [0.29, 0.717) is 5.92 Å². The van der Waals surface area contributed by atoms with Crippen LogP contribution in [-0.2, 0) is 9.84 Å². The van der Waals surface area contributed by atoms with Crippen molar-refractivity contribution in [1.29, 1.82) is 0 Å². The normalized spacial score (nSPS) is 15.2. The van der Waals surface area contributed by atoms with Gasteiger partial charge in [0.05, 0.1) is 5.75 Å². The molecule has 1 aromatic rings. The number of sulfone groups is 1. The van der Waals surface area contributed by atoms with E-state index in [0.717, 1.165) is 6.42 Å². The van der Waals surface area contributed by atoms with Crippen LogP contribution in [0.25, 0.3) is 0 Å². The fourth-order valence-electron chi connectivity index (χ4n) is 2.35. The van der Waals surface area contributed by atoms with Gasteiger partial charge in [-0.25, -0.2) is 8.42 Å². The molecule has 0 aliphatic heterocycles. The van der Waals surface area contributed by atoms with E-state index in [1.807, 2.05) is 25.1 Å². The lowest BCUT2D eigenvalue weighted by Crippen LogP contribution is -2.37. The molecule has 0 saturated heterocycles. The molecule has 20 heavy (non-hydrogen) atoms. The Morgan fingerprint density at radius 2 is 1.70 bits per heavy atom. The smallest absolute Gasteiger partial charge is 0.151 e. The molecule has 0 radical (unpaired) electrons. The standard InChI is InChI=1S/C16H27NO2S/c1-5-20(18,19)12-14(4)17-16(11-13(2)3)15-9-7-6-8-10-15/h6-10,13-14,16-17H,5,11-12H2,1-4H3. The summed E-state index contributed by atoms with van der Waals surface area (Å²) in [7, 11) is -2.94. The highest BCUT2D eigenvalue weighted by atomic mass is 32.2. The van der Waals surface area contributed by atoms with Gasteiger partial charge in [0.1, 0.15) is 0 Å². The number of nitrogens with one attached hydrogen (secondary N) is 1. The van der Waals surface area contributed by atoms with Gasteiger partial charge in [0, 0.05) is 17.8 Å². The Kier molecular flexibility index (Phi) is 6.69. The molecule has 114 valence electrons. The van der Waals surface area contributed by atoms with Crippen molar-refractivity contribution in [2.45, 2.75) is 46.2 Å². The maximum atomic E-state index is 11.7. The van der Waals surface area contributed by atoms with Crippen molar-refractivity contribution < 1.29 is 8.42 Å². The first-order valence-electron chi connectivity index (χ1n) is 7.35. The van der Waals surface area contributed by atoms with Crippen molar-refractivity contribution in [3.63, 3.8) is 0 Å². The molecular formula is C16H27NO2S. The molecule has 0 amide bonds. The van der Waals surface area contributed by atoms with E-state index < -0.39 is 9.84 Å². The molecule has 2 unspecified atom stereocenters. The third kappa shape index (κ3) is 6.06. The number of rotatable bonds is 8. The second kappa shape index (κ2) is 7.79. The summed E-state index contributed by atoms with van der Waals surface area (Å²) < 4.78 is 23.4. The maximum absolute atomic E-state index is 11.7. The minimum atomic E-state index is -2.94. The molecule has 3 nitrogen and oxygen atoms in total. The Morgan fingerprint density at radius 3 is 2.20 bits per heavy atom. The van der Waals surface area contributed by atoms with Gasteiger partial charge in [-0.15, -0.1) is 0 Å². The van der Waals surface area contributed by atoms with Crippen LogP contribution in [-0.4, -0.2) is 26.0 Å². The minimum absolute atomic E-state index is 0.0380. The van der Waals surface area contributed by atoms with Crippen LogP contribution in [0.2, 0.25) is 0 Å². The molecule has 0 bridgehead atoms. The summed E-state index contributed by atoms with van der Waals surface area (Å²) in [6, 6.07) is 10.4. The molecule has 0 heterocycles. The van der Waals surface area contributed by atoms with E-state index in [-0.39, 0.29) is 23.6 Å². The van der Waals surface area contributed by atoms with Crippen LogP contribution in [0.5, 0.6) is 0 Å². The quantitative estimate of drug-likeness (QED) is 0.801. The second-order valence-electron chi connectivity index (χ2n) is 5.86. The van der Waals surface area contributed by atoms with E-state index in [9.17, 15) is 8.42 Å². The van der Waals surface area contributed by atoms with E-state index >= 15 is 0 Å². The summed E-state index contributed by atoms with van der Waals surface area (Å²) in [5.74, 6) is 0.965. The number of hydrogen-bond acceptors (Lipinski definition) is 3. The van der Waals surface area contributed by atoms with Gasteiger partial charge in [-0.1, -0.05) is 51.1 Å². The van der Waals surface area contributed by atoms with E-state index in [1.54, 1.807) is 6.92 Å². The summed E-state index contributed by atoms with van der Waals surface area (Å²) in [6.07, 6.45) is 1.00. The average molecular weight is 297 g/mol. The summed E-state index contributed by atoms with van der Waals surface area (Å²) in [6.45, 7) is 8.02. The van der Waals surface area contributed by atoms with Crippen molar-refractivity contribution in [2.24, 2.45) is 5.92 Å². The van der Waals surface area contributed by atoms with Crippen LogP contribution in [0.4, 0.5) is 0 Å². The first kappa shape index (κ1) is 17.2. The van der Waals surface area contributed by atoms with E-state index in [1.165, 1.54) is 5.56 Å². The van der Waals surface area contributed by atoms with Crippen molar-refractivity contribution >= 4 is 9.84 Å². The predicted molar refractivity (Wildman–Crippen MR) is 85.6 cm³/mol. The molecular weight excluding hydrogens is 270 g/mol. The molecule has 0 spiro atoms. The van der Waals surface area contributed by atoms with Crippen molar-refractivity contribution in [3.8, 4) is 0 Å². The molecule has 0 aromatic heterocycles. The van der Waals surface area contributed by atoms with Gasteiger partial charge >= 0.3 is 0 Å². The fraction of sp³-hybridized carbons (Fsp3) is 0.625. The summed E-state index contributed by atoms with van der Waals surface area (Å²) in [4.78, 5) is 0. The predicted octanol–water partition coefficient (Wildman–Crippen LogP) is 3.19. The molecule has 0 aliphatic rings. The molecule has 1 aromatic carbocycles. The Hall–Kier alpha value is -0.870. The molecule has 0 saturated carbocycles. The molecule has 4 heteroatoms. The minimum Gasteiger partial charge on any atom is -0.306 e. The van der Waals surface area contributed by atoms with E-state index in [4.69, 9.17) is 0 Å². The lowest BCUT2D eigenvalue weighted by atomic mass is 9.96. The van der Waals surface area contributed by atoms with Crippen molar-refractivity contribution in [3.05, 3.63) is 35.9 Å². The Balaban J connectivity index is 2.75. The van der Waals surface area contributed by atoms with Gasteiger partial charge in [-0.2, -0.15) is 0 Å². The van der Waals surface area contributed by atoms with Crippen LogP contribution < -0.4 is 5.32 Å². The third-order valence-electron chi connectivity index (χ3n) is 3.34. The zero-order valence-electron chi connectivity index (χ0n) is 13.0. The van der Waals surface area contributed by atoms with Crippen molar-refractivity contribution in [1.82, 2.24) is 5.32 Å². The highest BCUT2D eigenvalue weighted by molar-refractivity contribution is 7.91. The summed E-state index contributed by atoms with van der Waals surface area (Å²) in [5.41, 5.74) is 1.22. The third-order valence-corrected chi connectivity index (χ3v) is 5.23. The van der Waals surface area contributed by atoms with Gasteiger partial charge in [-0.05, 0) is 24.8 Å². The van der Waals surface area contributed by atoms with Gasteiger partial charge in [0.25, 0.3) is 0 Å². The largest absolute Gasteiger partial charge is 0.306 e. The fourth-order valence-corrected chi connectivity index (χ4v) is 3.44. The first-order valence-corrected chi connectivity index (χ1v) is 9.17. The Morgan fingerprint density at radius 1 is 1.10 bits per heavy atom. The molecule has 1 N–H and O–H groups in total. The molecule has 2 atom stereocenters. The lowest BCUT2D eigenvalue weighted by Gasteiger charge is -2.25. The molecule has 1 rings (SSSR count). The lowest BCUT2D eigenvalue weighted by molar-refractivity contribution is 0.400. The highest BCUT2D eigenvalue weighted by Gasteiger charge is 2.19. The first-order chi connectivity index (χ1) is 9.34. The van der Waals surface area contributed by atoms with Crippen molar-refractivity contribution in [2.75, 3.05) is 11.5 Å². The van der Waals surface area contributed by atoms with Crippen LogP contribution in [0.1, 0.15) is 45.7 Å². The SMILES string of the molecule is CCS(=O)(=O)CC(C)NC(CC(C)C)c1ccccc1. The molecule has 0 aliphatic carbocycles. The number of benzene rings is 1. The highest BCUT2D eigenvalue weighted by Crippen LogP contribution is 2.21. The van der Waals surface area contributed by atoms with Crippen LogP contribution in [0.3, 0.4) is 0 Å². The van der Waals surface area contributed by atoms with Crippen LogP contribution in [0, 0.1) is 5.92 Å². The van der Waals surface area contributed by atoms with Gasteiger partial charge in [0.2, 0.25) is 0 Å². The Bertz CT molecular complexity index is 482. The zero-order valence-corrected chi connectivity index (χ0v) is 13.8. The summed E-state index contributed by atoms with van der Waals surface area (Å²) in [5, 5.41) is 3.48. The second-order valence-corrected chi connectivity index (χ2v) is 8.26. The average Bonchev–Trinajstić information content (AvgIpc) is 2.38. The number of hydrogen-bond donors (Lipinski definition) is 1. The van der Waals surface area contributed by atoms with Crippen LogP contribution in [0.15, 0.2) is 30.3 Å². The summed E-state index contributed by atoms with van der Waals surface area (Å²) >= 11 is 0. The van der Waals surface area contributed by atoms with Crippen LogP contribution >= 0.6 is 0 Å².